The van der Waals surface area contributed by atoms with E-state index in [1.807, 2.05) is 30.5 Å². The van der Waals surface area contributed by atoms with E-state index in [2.05, 4.69) is 26.7 Å². The summed E-state index contributed by atoms with van der Waals surface area (Å²) in [5, 5.41) is 10.5. The molecule has 3 aromatic rings. The van der Waals surface area contributed by atoms with E-state index < -0.39 is 9.84 Å². The van der Waals surface area contributed by atoms with Crippen molar-refractivity contribution in [2.45, 2.75) is 34.3 Å². The summed E-state index contributed by atoms with van der Waals surface area (Å²) in [4.78, 5) is 4.74. The molecule has 2 heterocycles. The largest absolute Gasteiger partial charge is 0.302 e. The van der Waals surface area contributed by atoms with Gasteiger partial charge in [0.25, 0.3) is 0 Å². The van der Waals surface area contributed by atoms with Crippen LogP contribution in [0.1, 0.15) is 12.5 Å². The molecule has 0 spiro atoms. The quantitative estimate of drug-likeness (QED) is 0.538. The third-order valence-corrected chi connectivity index (χ3v) is 6.84. The van der Waals surface area contributed by atoms with Crippen LogP contribution in [0.2, 0.25) is 0 Å². The molecule has 0 aliphatic carbocycles. The lowest BCUT2D eigenvalue weighted by Crippen LogP contribution is -2.01. The molecule has 0 bridgehead atoms. The molecule has 2 aromatic heterocycles. The third-order valence-electron chi connectivity index (χ3n) is 3.96. The van der Waals surface area contributed by atoms with Crippen molar-refractivity contribution < 1.29 is 8.42 Å². The maximum atomic E-state index is 11.6. The molecule has 0 radical (unpaired) electrons. The maximum Gasteiger partial charge on any atom is 0.191 e. The zero-order valence-electron chi connectivity index (χ0n) is 15.3. The first-order valence-electron chi connectivity index (χ1n) is 8.28. The number of aromatic nitrogens is 4. The first kappa shape index (κ1) is 19.9. The smallest absolute Gasteiger partial charge is 0.191 e. The van der Waals surface area contributed by atoms with E-state index in [4.69, 9.17) is 0 Å². The normalized spacial score (nSPS) is 11.7. The number of benzene rings is 1. The molecular formula is C18H20N4O2S3. The van der Waals surface area contributed by atoms with Crippen molar-refractivity contribution in [2.75, 3.05) is 12.5 Å². The molecule has 142 valence electrons. The fourth-order valence-electron chi connectivity index (χ4n) is 2.58. The van der Waals surface area contributed by atoms with Gasteiger partial charge in [-0.3, -0.25) is 0 Å². The number of hydrogen-bond donors (Lipinski definition) is 0. The van der Waals surface area contributed by atoms with Crippen LogP contribution in [-0.4, -0.2) is 40.7 Å². The molecule has 3 rings (SSSR count). The number of hydrogen-bond acceptors (Lipinski definition) is 7. The minimum atomic E-state index is -3.17. The van der Waals surface area contributed by atoms with Gasteiger partial charge in [-0.05, 0) is 43.0 Å². The Hall–Kier alpha value is -1.84. The molecule has 6 nitrogen and oxygen atoms in total. The van der Waals surface area contributed by atoms with Crippen LogP contribution in [0.5, 0.6) is 0 Å². The lowest BCUT2D eigenvalue weighted by atomic mass is 10.2. The van der Waals surface area contributed by atoms with Crippen LogP contribution >= 0.6 is 23.5 Å². The summed E-state index contributed by atoms with van der Waals surface area (Å²) in [5.74, 6) is 1.50. The fraction of sp³-hybridized carbons (Fsp3) is 0.278. The SMILES string of the molecule is CCn1c(SCc2ccc(S(C)(=O)=O)cc2)nnc1-c1cccnc1SC. The van der Waals surface area contributed by atoms with Crippen molar-refractivity contribution >= 4 is 33.4 Å². The van der Waals surface area contributed by atoms with Crippen molar-refractivity contribution in [1.82, 2.24) is 19.7 Å². The van der Waals surface area contributed by atoms with Gasteiger partial charge in [0.1, 0.15) is 5.03 Å². The summed E-state index contributed by atoms with van der Waals surface area (Å²) in [6.07, 6.45) is 4.98. The van der Waals surface area contributed by atoms with Crippen LogP contribution < -0.4 is 0 Å². The molecule has 0 fully saturated rings. The highest BCUT2D eigenvalue weighted by molar-refractivity contribution is 7.98. The van der Waals surface area contributed by atoms with Gasteiger partial charge in [0.05, 0.1) is 10.5 Å². The van der Waals surface area contributed by atoms with Crippen molar-refractivity contribution in [1.29, 1.82) is 0 Å². The number of thioether (sulfide) groups is 2. The molecule has 0 saturated carbocycles. The van der Waals surface area contributed by atoms with Gasteiger partial charge < -0.3 is 4.57 Å². The minimum Gasteiger partial charge on any atom is -0.302 e. The van der Waals surface area contributed by atoms with Gasteiger partial charge in [0, 0.05) is 24.8 Å². The van der Waals surface area contributed by atoms with Gasteiger partial charge in [-0.1, -0.05) is 23.9 Å². The highest BCUT2D eigenvalue weighted by Crippen LogP contribution is 2.30. The second-order valence-corrected chi connectivity index (χ2v) is 9.57. The number of pyridine rings is 1. The summed E-state index contributed by atoms with van der Waals surface area (Å²) < 4.78 is 25.2. The monoisotopic (exact) mass is 420 g/mol. The summed E-state index contributed by atoms with van der Waals surface area (Å²) >= 11 is 3.16. The first-order valence-corrected chi connectivity index (χ1v) is 12.4. The average molecular weight is 421 g/mol. The molecule has 0 N–H and O–H groups in total. The zero-order chi connectivity index (χ0) is 19.4. The van der Waals surface area contributed by atoms with Crippen LogP contribution in [0, 0.1) is 0 Å². The lowest BCUT2D eigenvalue weighted by Gasteiger charge is -2.09. The van der Waals surface area contributed by atoms with Crippen molar-refractivity contribution in [3.05, 3.63) is 48.2 Å². The lowest BCUT2D eigenvalue weighted by molar-refractivity contribution is 0.602. The number of rotatable bonds is 7. The summed E-state index contributed by atoms with van der Waals surface area (Å²) in [7, 11) is -3.17. The Balaban J connectivity index is 1.81. The second kappa shape index (κ2) is 8.45. The zero-order valence-corrected chi connectivity index (χ0v) is 17.7. The van der Waals surface area contributed by atoms with E-state index in [1.54, 1.807) is 41.9 Å². The van der Waals surface area contributed by atoms with E-state index in [-0.39, 0.29) is 0 Å². The van der Waals surface area contributed by atoms with Crippen LogP contribution in [0.4, 0.5) is 0 Å². The Morgan fingerprint density at radius 3 is 2.48 bits per heavy atom. The van der Waals surface area contributed by atoms with E-state index in [0.29, 0.717) is 10.6 Å². The van der Waals surface area contributed by atoms with Crippen LogP contribution in [0.3, 0.4) is 0 Å². The maximum absolute atomic E-state index is 11.6. The Morgan fingerprint density at radius 2 is 1.85 bits per heavy atom. The van der Waals surface area contributed by atoms with Gasteiger partial charge in [-0.15, -0.1) is 22.0 Å². The predicted molar refractivity (Wildman–Crippen MR) is 110 cm³/mol. The average Bonchev–Trinajstić information content (AvgIpc) is 3.08. The minimum absolute atomic E-state index is 0.330. The Kier molecular flexibility index (Phi) is 6.23. The number of nitrogens with zero attached hydrogens (tertiary/aromatic N) is 4. The molecule has 27 heavy (non-hydrogen) atoms. The van der Waals surface area contributed by atoms with Crippen molar-refractivity contribution in [3.8, 4) is 11.4 Å². The van der Waals surface area contributed by atoms with Crippen LogP contribution in [-0.2, 0) is 22.1 Å². The molecule has 1 aromatic carbocycles. The molecule has 0 aliphatic rings. The Labute approximate surface area is 167 Å². The standard InChI is InChI=1S/C18H20N4O2S3/c1-4-22-16(15-6-5-11-19-17(15)25-2)20-21-18(22)26-12-13-7-9-14(10-8-13)27(3,23)24/h5-11H,4,12H2,1-3H3. The van der Waals surface area contributed by atoms with Gasteiger partial charge in [-0.2, -0.15) is 0 Å². The van der Waals surface area contributed by atoms with Crippen LogP contribution in [0.15, 0.2) is 57.7 Å². The van der Waals surface area contributed by atoms with E-state index in [1.165, 1.54) is 6.26 Å². The molecule has 0 amide bonds. The molecular weight excluding hydrogens is 400 g/mol. The summed E-state index contributed by atoms with van der Waals surface area (Å²) in [5.41, 5.74) is 2.01. The Morgan fingerprint density at radius 1 is 1.11 bits per heavy atom. The van der Waals surface area contributed by atoms with E-state index in [9.17, 15) is 8.42 Å². The molecule has 0 aliphatic heterocycles. The summed E-state index contributed by atoms with van der Waals surface area (Å²) in [6, 6.07) is 10.9. The highest BCUT2D eigenvalue weighted by Gasteiger charge is 2.16. The van der Waals surface area contributed by atoms with Gasteiger partial charge >= 0.3 is 0 Å². The molecule has 0 atom stereocenters. The fourth-order valence-corrected chi connectivity index (χ4v) is 4.72. The van der Waals surface area contributed by atoms with Gasteiger partial charge in [0.2, 0.25) is 0 Å². The molecule has 0 unspecified atom stereocenters. The third kappa shape index (κ3) is 4.53. The van der Waals surface area contributed by atoms with E-state index in [0.717, 1.165) is 33.7 Å². The van der Waals surface area contributed by atoms with Crippen molar-refractivity contribution in [2.24, 2.45) is 0 Å². The van der Waals surface area contributed by atoms with Gasteiger partial charge in [0.15, 0.2) is 20.8 Å². The Bertz CT molecular complexity index is 1030. The van der Waals surface area contributed by atoms with Crippen LogP contribution in [0.25, 0.3) is 11.4 Å². The summed E-state index contributed by atoms with van der Waals surface area (Å²) in [6.45, 7) is 2.81. The highest BCUT2D eigenvalue weighted by atomic mass is 32.2. The van der Waals surface area contributed by atoms with Gasteiger partial charge in [-0.25, -0.2) is 13.4 Å². The van der Waals surface area contributed by atoms with Crippen molar-refractivity contribution in [3.63, 3.8) is 0 Å². The van der Waals surface area contributed by atoms with E-state index >= 15 is 0 Å². The molecule has 9 heteroatoms. The number of sulfone groups is 1. The molecule has 0 saturated heterocycles. The predicted octanol–water partition coefficient (Wildman–Crippen LogP) is 3.78. The first-order chi connectivity index (χ1) is 12.9. The second-order valence-electron chi connectivity index (χ2n) is 5.82. The topological polar surface area (TPSA) is 77.7 Å².